The molecule has 1 fully saturated rings. The molecule has 4 rings (SSSR count). The number of ether oxygens (including phenoxy) is 1. The number of fused-ring (bicyclic) bond motifs is 1. The minimum atomic E-state index is -0.117. The Labute approximate surface area is 167 Å². The van der Waals surface area contributed by atoms with E-state index in [0.29, 0.717) is 34.4 Å². The molecule has 0 bridgehead atoms. The van der Waals surface area contributed by atoms with Crippen LogP contribution in [0.2, 0.25) is 0 Å². The molecule has 0 aromatic carbocycles. The number of thioether (sulfide) groups is 1. The lowest BCUT2D eigenvalue weighted by atomic mass is 10.1. The van der Waals surface area contributed by atoms with Gasteiger partial charge in [0.2, 0.25) is 5.88 Å². The molecule has 9 heteroatoms. The number of pyridine rings is 1. The third-order valence-electron chi connectivity index (χ3n) is 5.01. The fourth-order valence-electron chi connectivity index (χ4n) is 3.49. The van der Waals surface area contributed by atoms with E-state index in [2.05, 4.69) is 26.9 Å². The predicted octanol–water partition coefficient (Wildman–Crippen LogP) is 2.19. The molecule has 0 atom stereocenters. The molecule has 0 aliphatic carbocycles. The van der Waals surface area contributed by atoms with E-state index in [1.54, 1.807) is 15.6 Å². The summed E-state index contributed by atoms with van der Waals surface area (Å²) in [5.41, 5.74) is 0.448. The highest BCUT2D eigenvalue weighted by Gasteiger charge is 2.20. The first kappa shape index (κ1) is 18.9. The van der Waals surface area contributed by atoms with Gasteiger partial charge in [0, 0.05) is 31.9 Å². The summed E-state index contributed by atoms with van der Waals surface area (Å²) >= 11 is 1.44. The van der Waals surface area contributed by atoms with E-state index in [1.165, 1.54) is 11.8 Å². The summed E-state index contributed by atoms with van der Waals surface area (Å²) in [5, 5.41) is 1.11. The highest BCUT2D eigenvalue weighted by atomic mass is 32.2. The summed E-state index contributed by atoms with van der Waals surface area (Å²) in [7, 11) is 2.13. The summed E-state index contributed by atoms with van der Waals surface area (Å²) in [6.07, 6.45) is 5.64. The first-order valence-corrected chi connectivity index (χ1v) is 10.7. The van der Waals surface area contributed by atoms with Crippen LogP contribution < -0.4 is 10.3 Å². The van der Waals surface area contributed by atoms with E-state index in [4.69, 9.17) is 4.74 Å². The van der Waals surface area contributed by atoms with E-state index in [1.807, 2.05) is 31.4 Å². The van der Waals surface area contributed by atoms with Gasteiger partial charge in [-0.15, -0.1) is 0 Å². The maximum atomic E-state index is 12.8. The number of piperidine rings is 1. The molecule has 0 N–H and O–H groups in total. The molecule has 1 aliphatic rings. The Morgan fingerprint density at radius 2 is 2.04 bits per heavy atom. The smallest absolute Gasteiger partial charge is 0.278 e. The molecular formula is C19H24N6O2S. The summed E-state index contributed by atoms with van der Waals surface area (Å²) in [5.74, 6) is 1.19. The summed E-state index contributed by atoms with van der Waals surface area (Å²) in [6.45, 7) is 4.48. The van der Waals surface area contributed by atoms with Crippen molar-refractivity contribution in [1.82, 2.24) is 29.2 Å². The van der Waals surface area contributed by atoms with Gasteiger partial charge in [-0.3, -0.25) is 4.79 Å². The summed E-state index contributed by atoms with van der Waals surface area (Å²) < 4.78 is 9.52. The number of nitrogens with zero attached hydrogens (tertiary/aromatic N) is 6. The molecule has 0 spiro atoms. The predicted molar refractivity (Wildman–Crippen MR) is 110 cm³/mol. The Morgan fingerprint density at radius 3 is 2.75 bits per heavy atom. The number of aromatic nitrogens is 5. The van der Waals surface area contributed by atoms with Crippen LogP contribution in [0.1, 0.15) is 19.8 Å². The molecule has 148 valence electrons. The van der Waals surface area contributed by atoms with Crippen LogP contribution in [0.4, 0.5) is 0 Å². The van der Waals surface area contributed by atoms with Crippen LogP contribution in [0, 0.1) is 0 Å². The van der Waals surface area contributed by atoms with Crippen molar-refractivity contribution in [3.8, 4) is 11.7 Å². The van der Waals surface area contributed by atoms with Gasteiger partial charge in [-0.25, -0.2) is 19.3 Å². The average molecular weight is 401 g/mol. The van der Waals surface area contributed by atoms with Crippen LogP contribution in [0.3, 0.4) is 0 Å². The minimum absolute atomic E-state index is 0.117. The second-order valence-corrected chi connectivity index (χ2v) is 7.65. The van der Waals surface area contributed by atoms with E-state index in [-0.39, 0.29) is 11.7 Å². The Kier molecular flexibility index (Phi) is 5.36. The van der Waals surface area contributed by atoms with Crippen LogP contribution in [0.15, 0.2) is 34.3 Å². The second kappa shape index (κ2) is 7.92. The van der Waals surface area contributed by atoms with Gasteiger partial charge < -0.3 is 9.64 Å². The van der Waals surface area contributed by atoms with Gasteiger partial charge in [-0.1, -0.05) is 17.8 Å². The monoisotopic (exact) mass is 400 g/mol. The van der Waals surface area contributed by atoms with Gasteiger partial charge in [0.15, 0.2) is 16.6 Å². The largest absolute Gasteiger partial charge is 0.474 e. The van der Waals surface area contributed by atoms with E-state index in [0.717, 1.165) is 25.9 Å². The van der Waals surface area contributed by atoms with Gasteiger partial charge in [0.05, 0.1) is 0 Å². The third-order valence-corrected chi connectivity index (χ3v) is 5.58. The zero-order valence-corrected chi connectivity index (χ0v) is 17.1. The maximum Gasteiger partial charge on any atom is 0.278 e. The first-order valence-electron chi connectivity index (χ1n) is 9.46. The van der Waals surface area contributed by atoms with Crippen LogP contribution >= 0.6 is 11.8 Å². The van der Waals surface area contributed by atoms with Gasteiger partial charge in [-0.2, -0.15) is 4.98 Å². The Hall–Kier alpha value is -2.39. The molecule has 3 aromatic heterocycles. The quantitative estimate of drug-likeness (QED) is 0.480. The van der Waals surface area contributed by atoms with Crippen molar-refractivity contribution >= 4 is 22.8 Å². The van der Waals surface area contributed by atoms with Crippen molar-refractivity contribution in [2.45, 2.75) is 37.6 Å². The Balaban J connectivity index is 1.74. The SMILES string of the molecule is CCn1c(=O)c2cnc(SC)nc2n1-c1cccc(OC2CCN(C)CC2)n1. The fourth-order valence-corrected chi connectivity index (χ4v) is 3.83. The molecule has 4 heterocycles. The van der Waals surface area contributed by atoms with E-state index < -0.39 is 0 Å². The third kappa shape index (κ3) is 3.51. The fraction of sp³-hybridized carbons (Fsp3) is 0.474. The van der Waals surface area contributed by atoms with Crippen molar-refractivity contribution in [2.24, 2.45) is 0 Å². The van der Waals surface area contributed by atoms with Crippen LogP contribution in [0.5, 0.6) is 5.88 Å². The minimum Gasteiger partial charge on any atom is -0.474 e. The standard InChI is InChI=1S/C19H24N6O2S/c1-4-24-18(26)14-12-20-19(28-3)22-17(14)25(24)15-6-5-7-16(21-15)27-13-8-10-23(2)11-9-13/h5-7,12-13H,4,8-11H2,1-3H3. The van der Waals surface area contributed by atoms with Crippen molar-refractivity contribution in [2.75, 3.05) is 26.4 Å². The van der Waals surface area contributed by atoms with Crippen LogP contribution in [-0.2, 0) is 6.54 Å². The Bertz CT molecular complexity index is 1040. The molecule has 0 amide bonds. The van der Waals surface area contributed by atoms with Crippen LogP contribution in [-0.4, -0.2) is 61.7 Å². The van der Waals surface area contributed by atoms with Crippen molar-refractivity contribution in [3.63, 3.8) is 0 Å². The zero-order valence-electron chi connectivity index (χ0n) is 16.3. The molecule has 8 nitrogen and oxygen atoms in total. The number of rotatable bonds is 5. The summed E-state index contributed by atoms with van der Waals surface area (Å²) in [6, 6.07) is 5.64. The molecule has 0 unspecified atom stereocenters. The Morgan fingerprint density at radius 1 is 1.25 bits per heavy atom. The molecule has 28 heavy (non-hydrogen) atoms. The number of hydrogen-bond acceptors (Lipinski definition) is 7. The summed E-state index contributed by atoms with van der Waals surface area (Å²) in [4.78, 5) is 28.6. The van der Waals surface area contributed by atoms with Crippen LogP contribution in [0.25, 0.3) is 16.9 Å². The molecule has 3 aromatic rings. The number of hydrogen-bond donors (Lipinski definition) is 0. The van der Waals surface area contributed by atoms with Gasteiger partial charge >= 0.3 is 0 Å². The molecule has 1 aliphatic heterocycles. The highest BCUT2D eigenvalue weighted by molar-refractivity contribution is 7.98. The van der Waals surface area contributed by atoms with Crippen molar-refractivity contribution in [1.29, 1.82) is 0 Å². The lowest BCUT2D eigenvalue weighted by Gasteiger charge is -2.29. The molecular weight excluding hydrogens is 376 g/mol. The average Bonchev–Trinajstić information content (AvgIpc) is 3.01. The highest BCUT2D eigenvalue weighted by Crippen LogP contribution is 2.21. The number of likely N-dealkylation sites (tertiary alicyclic amines) is 1. The molecule has 1 saturated heterocycles. The van der Waals surface area contributed by atoms with Gasteiger partial charge in [0.25, 0.3) is 5.56 Å². The normalized spacial score (nSPS) is 16.0. The lowest BCUT2D eigenvalue weighted by Crippen LogP contribution is -2.35. The van der Waals surface area contributed by atoms with Gasteiger partial charge in [-0.05, 0) is 39.1 Å². The topological polar surface area (TPSA) is 78.1 Å². The second-order valence-electron chi connectivity index (χ2n) is 6.88. The molecule has 0 saturated carbocycles. The van der Waals surface area contributed by atoms with Gasteiger partial charge in [0.1, 0.15) is 11.5 Å². The lowest BCUT2D eigenvalue weighted by molar-refractivity contribution is 0.110. The molecule has 0 radical (unpaired) electrons. The van der Waals surface area contributed by atoms with Crippen molar-refractivity contribution in [3.05, 3.63) is 34.7 Å². The van der Waals surface area contributed by atoms with E-state index in [9.17, 15) is 4.79 Å². The zero-order chi connectivity index (χ0) is 19.7. The first-order chi connectivity index (χ1) is 13.6. The van der Waals surface area contributed by atoms with E-state index >= 15 is 0 Å². The maximum absolute atomic E-state index is 12.8. The van der Waals surface area contributed by atoms with Crippen molar-refractivity contribution < 1.29 is 4.74 Å².